The van der Waals surface area contributed by atoms with Crippen molar-refractivity contribution in [3.05, 3.63) is 63.8 Å². The molecule has 6 heteroatoms. The monoisotopic (exact) mass is 262 g/mol. The first kappa shape index (κ1) is 12.9. The van der Waals surface area contributed by atoms with Gasteiger partial charge < -0.3 is 5.11 Å². The van der Waals surface area contributed by atoms with Crippen LogP contribution >= 0.6 is 0 Å². The van der Waals surface area contributed by atoms with Gasteiger partial charge in [0, 0.05) is 6.20 Å². The van der Waals surface area contributed by atoms with Crippen LogP contribution in [-0.4, -0.2) is 20.9 Å². The summed E-state index contributed by atoms with van der Waals surface area (Å²) in [5, 5.41) is 12.8. The second-order valence-electron chi connectivity index (χ2n) is 4.03. The van der Waals surface area contributed by atoms with E-state index in [1.165, 1.54) is 30.5 Å². The van der Waals surface area contributed by atoms with Crippen LogP contribution in [0.25, 0.3) is 0 Å². The molecule has 19 heavy (non-hydrogen) atoms. The lowest BCUT2D eigenvalue weighted by atomic mass is 10.1. The average molecular weight is 262 g/mol. The zero-order valence-corrected chi connectivity index (χ0v) is 10.1. The molecule has 2 aromatic rings. The molecule has 0 saturated heterocycles. The van der Waals surface area contributed by atoms with Gasteiger partial charge in [0.2, 0.25) is 0 Å². The van der Waals surface area contributed by atoms with Crippen LogP contribution in [0.2, 0.25) is 0 Å². The molecule has 2 rings (SSSR count). The molecule has 0 saturated carbocycles. The number of aromatic nitrogens is 2. The van der Waals surface area contributed by atoms with Gasteiger partial charge >= 0.3 is 5.97 Å². The van der Waals surface area contributed by atoms with E-state index in [1.807, 2.05) is 0 Å². The fraction of sp³-hybridized carbons (Fsp3) is 0.154. The molecule has 1 aromatic carbocycles. The van der Waals surface area contributed by atoms with E-state index in [2.05, 4.69) is 5.10 Å². The van der Waals surface area contributed by atoms with Gasteiger partial charge in [-0.15, -0.1) is 0 Å². The van der Waals surface area contributed by atoms with Gasteiger partial charge in [-0.1, -0.05) is 12.1 Å². The van der Waals surface area contributed by atoms with Crippen molar-refractivity contribution in [1.82, 2.24) is 9.78 Å². The number of hydrogen-bond acceptors (Lipinski definition) is 3. The highest BCUT2D eigenvalue weighted by Gasteiger charge is 2.16. The molecule has 0 fully saturated rings. The standard InChI is InChI=1S/C13H11FN2O3/c1-8(9-2-4-10(14)5-3-9)16-12(17)11(13(18)19)6-7-15-16/h2-8H,1H3,(H,18,19). The van der Waals surface area contributed by atoms with Gasteiger partial charge in [-0.2, -0.15) is 5.10 Å². The summed E-state index contributed by atoms with van der Waals surface area (Å²) >= 11 is 0. The Morgan fingerprint density at radius 3 is 2.53 bits per heavy atom. The first-order valence-corrected chi connectivity index (χ1v) is 5.57. The highest BCUT2D eigenvalue weighted by atomic mass is 19.1. The van der Waals surface area contributed by atoms with E-state index in [0.29, 0.717) is 5.56 Å². The maximum atomic E-state index is 12.8. The number of aromatic carboxylic acids is 1. The normalized spacial score (nSPS) is 12.1. The third kappa shape index (κ3) is 2.52. The van der Waals surface area contributed by atoms with E-state index in [1.54, 1.807) is 6.92 Å². The lowest BCUT2D eigenvalue weighted by Gasteiger charge is -2.14. The molecule has 5 nitrogen and oxygen atoms in total. The number of carboxylic acids is 1. The first-order chi connectivity index (χ1) is 9.00. The van der Waals surface area contributed by atoms with Crippen LogP contribution in [0.4, 0.5) is 4.39 Å². The quantitative estimate of drug-likeness (QED) is 0.913. The van der Waals surface area contributed by atoms with Crippen LogP contribution in [0.3, 0.4) is 0 Å². The summed E-state index contributed by atoms with van der Waals surface area (Å²) in [6.45, 7) is 1.69. The van der Waals surface area contributed by atoms with E-state index in [4.69, 9.17) is 5.11 Å². The Balaban J connectivity index is 2.47. The molecular weight excluding hydrogens is 251 g/mol. The Morgan fingerprint density at radius 2 is 1.95 bits per heavy atom. The van der Waals surface area contributed by atoms with Crippen LogP contribution in [-0.2, 0) is 0 Å². The first-order valence-electron chi connectivity index (χ1n) is 5.57. The molecule has 1 heterocycles. The van der Waals surface area contributed by atoms with Crippen molar-refractivity contribution >= 4 is 5.97 Å². The van der Waals surface area contributed by atoms with Gasteiger partial charge in [-0.05, 0) is 30.7 Å². The van der Waals surface area contributed by atoms with E-state index >= 15 is 0 Å². The van der Waals surface area contributed by atoms with Crippen LogP contribution < -0.4 is 5.56 Å². The van der Waals surface area contributed by atoms with Crippen LogP contribution in [0.1, 0.15) is 28.9 Å². The molecule has 1 aromatic heterocycles. The predicted molar refractivity (Wildman–Crippen MR) is 65.7 cm³/mol. The number of rotatable bonds is 3. The molecule has 1 N–H and O–H groups in total. The van der Waals surface area contributed by atoms with Gasteiger partial charge in [0.25, 0.3) is 5.56 Å². The van der Waals surface area contributed by atoms with Crippen molar-refractivity contribution in [1.29, 1.82) is 0 Å². The van der Waals surface area contributed by atoms with Crippen LogP contribution in [0, 0.1) is 5.82 Å². The Kier molecular flexibility index (Phi) is 3.41. The minimum Gasteiger partial charge on any atom is -0.477 e. The maximum Gasteiger partial charge on any atom is 0.341 e. The lowest BCUT2D eigenvalue weighted by Crippen LogP contribution is -2.30. The minimum atomic E-state index is -1.30. The number of benzene rings is 1. The summed E-state index contributed by atoms with van der Waals surface area (Å²) in [5.41, 5.74) is -0.366. The third-order valence-electron chi connectivity index (χ3n) is 2.82. The Morgan fingerprint density at radius 1 is 1.32 bits per heavy atom. The van der Waals surface area contributed by atoms with Crippen molar-refractivity contribution in [3.63, 3.8) is 0 Å². The van der Waals surface area contributed by atoms with Crippen molar-refractivity contribution in [2.24, 2.45) is 0 Å². The number of halogens is 1. The molecule has 98 valence electrons. The summed E-state index contributed by atoms with van der Waals surface area (Å²) in [5.74, 6) is -1.68. The zero-order valence-electron chi connectivity index (χ0n) is 10.1. The van der Waals surface area contributed by atoms with E-state index in [-0.39, 0.29) is 11.4 Å². The van der Waals surface area contributed by atoms with Gasteiger partial charge in [-0.25, -0.2) is 13.9 Å². The molecule has 0 spiro atoms. The lowest BCUT2D eigenvalue weighted by molar-refractivity contribution is 0.0693. The fourth-order valence-corrected chi connectivity index (χ4v) is 1.75. The van der Waals surface area contributed by atoms with Crippen molar-refractivity contribution < 1.29 is 14.3 Å². The van der Waals surface area contributed by atoms with Crippen molar-refractivity contribution in [3.8, 4) is 0 Å². The zero-order chi connectivity index (χ0) is 14.0. The van der Waals surface area contributed by atoms with Crippen LogP contribution in [0.15, 0.2) is 41.3 Å². The van der Waals surface area contributed by atoms with Crippen molar-refractivity contribution in [2.45, 2.75) is 13.0 Å². The SMILES string of the molecule is CC(c1ccc(F)cc1)n1nccc(C(=O)O)c1=O. The van der Waals surface area contributed by atoms with E-state index in [0.717, 1.165) is 10.7 Å². The second kappa shape index (κ2) is 5.01. The topological polar surface area (TPSA) is 72.2 Å². The molecule has 0 amide bonds. The maximum absolute atomic E-state index is 12.8. The number of hydrogen-bond donors (Lipinski definition) is 1. The minimum absolute atomic E-state index is 0.344. The van der Waals surface area contributed by atoms with E-state index in [9.17, 15) is 14.0 Å². The van der Waals surface area contributed by atoms with E-state index < -0.39 is 17.6 Å². The molecule has 0 aliphatic rings. The Hall–Kier alpha value is -2.50. The molecule has 1 unspecified atom stereocenters. The largest absolute Gasteiger partial charge is 0.477 e. The third-order valence-corrected chi connectivity index (χ3v) is 2.82. The number of carboxylic acid groups (broad SMARTS) is 1. The smallest absolute Gasteiger partial charge is 0.341 e. The summed E-state index contributed by atoms with van der Waals surface area (Å²) in [6.07, 6.45) is 1.25. The fourth-order valence-electron chi connectivity index (χ4n) is 1.75. The predicted octanol–water partition coefficient (Wildman–Crippen LogP) is 1.69. The molecule has 0 bridgehead atoms. The van der Waals surface area contributed by atoms with Gasteiger partial charge in [0.1, 0.15) is 11.4 Å². The summed E-state index contributed by atoms with van der Waals surface area (Å²) < 4.78 is 13.9. The second-order valence-corrected chi connectivity index (χ2v) is 4.03. The average Bonchev–Trinajstić information content (AvgIpc) is 2.38. The molecule has 0 aliphatic heterocycles. The highest BCUT2D eigenvalue weighted by Crippen LogP contribution is 2.15. The van der Waals surface area contributed by atoms with Crippen LogP contribution in [0.5, 0.6) is 0 Å². The van der Waals surface area contributed by atoms with Gasteiger partial charge in [-0.3, -0.25) is 4.79 Å². The summed E-state index contributed by atoms with van der Waals surface area (Å²) in [6, 6.07) is 6.28. The molecule has 0 aliphatic carbocycles. The Labute approximate surface area is 107 Å². The number of nitrogens with zero attached hydrogens (tertiary/aromatic N) is 2. The van der Waals surface area contributed by atoms with Gasteiger partial charge in [0.05, 0.1) is 6.04 Å². The summed E-state index contributed by atoms with van der Waals surface area (Å²) in [7, 11) is 0. The summed E-state index contributed by atoms with van der Waals surface area (Å²) in [4.78, 5) is 22.8. The van der Waals surface area contributed by atoms with Crippen molar-refractivity contribution in [2.75, 3.05) is 0 Å². The number of carbonyl (C=O) groups is 1. The Bertz CT molecular complexity index is 664. The highest BCUT2D eigenvalue weighted by molar-refractivity contribution is 5.86. The molecule has 0 radical (unpaired) electrons. The van der Waals surface area contributed by atoms with Gasteiger partial charge in [0.15, 0.2) is 0 Å². The molecule has 1 atom stereocenters. The molecular formula is C13H11FN2O3.